The molecule has 0 saturated carbocycles. The summed E-state index contributed by atoms with van der Waals surface area (Å²) >= 11 is 12.6. The molecule has 0 aromatic heterocycles. The third-order valence-corrected chi connectivity index (χ3v) is 10.1. The molecule has 7 nitrogen and oxygen atoms in total. The number of anilines is 1. The quantitative estimate of drug-likeness (QED) is 0.160. The maximum absolute atomic E-state index is 14.6. The molecule has 4 rings (SSSR count). The molecule has 0 saturated heterocycles. The SMILES string of the molecule is CC[C@H](C)NC(=O)[C@@H](Cc1ccccc1)N(Cc1cccc(Cl)c1)C(=O)CN(c1ccc(Cl)cc1C)S(=O)(=O)c1ccc(C)cc1. The Morgan fingerprint density at radius 1 is 0.826 bits per heavy atom. The van der Waals surface area contributed by atoms with E-state index in [9.17, 15) is 18.0 Å². The van der Waals surface area contributed by atoms with Crippen molar-refractivity contribution in [2.45, 2.75) is 64.1 Å². The Morgan fingerprint density at radius 2 is 1.48 bits per heavy atom. The van der Waals surface area contributed by atoms with Crippen LogP contribution in [-0.4, -0.2) is 43.8 Å². The molecule has 1 N–H and O–H groups in total. The van der Waals surface area contributed by atoms with Crippen LogP contribution >= 0.6 is 23.2 Å². The first-order chi connectivity index (χ1) is 21.9. The van der Waals surface area contributed by atoms with E-state index < -0.39 is 28.5 Å². The molecule has 4 aromatic carbocycles. The Labute approximate surface area is 282 Å². The highest BCUT2D eigenvalue weighted by Crippen LogP contribution is 2.30. The number of benzene rings is 4. The van der Waals surface area contributed by atoms with E-state index in [1.807, 2.05) is 57.2 Å². The normalized spacial score (nSPS) is 12.7. The Hall–Kier alpha value is -3.85. The fourth-order valence-corrected chi connectivity index (χ4v) is 6.99. The third kappa shape index (κ3) is 8.90. The van der Waals surface area contributed by atoms with Crippen molar-refractivity contribution in [3.05, 3.63) is 129 Å². The van der Waals surface area contributed by atoms with Gasteiger partial charge in [0.25, 0.3) is 10.0 Å². The topological polar surface area (TPSA) is 86.8 Å². The van der Waals surface area contributed by atoms with Crippen LogP contribution in [0.5, 0.6) is 0 Å². The van der Waals surface area contributed by atoms with Gasteiger partial charge < -0.3 is 10.2 Å². The maximum atomic E-state index is 14.6. The van der Waals surface area contributed by atoms with Crippen molar-refractivity contribution in [2.75, 3.05) is 10.8 Å². The van der Waals surface area contributed by atoms with Crippen LogP contribution < -0.4 is 9.62 Å². The van der Waals surface area contributed by atoms with Crippen LogP contribution in [0.1, 0.15) is 42.5 Å². The Bertz CT molecular complexity index is 1770. The largest absolute Gasteiger partial charge is 0.352 e. The highest BCUT2D eigenvalue weighted by atomic mass is 35.5. The van der Waals surface area contributed by atoms with Crippen molar-refractivity contribution in [3.8, 4) is 0 Å². The van der Waals surface area contributed by atoms with Gasteiger partial charge in [-0.15, -0.1) is 0 Å². The van der Waals surface area contributed by atoms with Gasteiger partial charge in [-0.25, -0.2) is 8.42 Å². The average Bonchev–Trinajstić information content (AvgIpc) is 3.02. The second-order valence-corrected chi connectivity index (χ2v) is 14.2. The van der Waals surface area contributed by atoms with Gasteiger partial charge in [0.05, 0.1) is 10.6 Å². The first-order valence-electron chi connectivity index (χ1n) is 15.1. The highest BCUT2D eigenvalue weighted by molar-refractivity contribution is 7.92. The molecule has 2 amide bonds. The van der Waals surface area contributed by atoms with E-state index >= 15 is 0 Å². The molecule has 0 bridgehead atoms. The zero-order valence-corrected chi connectivity index (χ0v) is 28.7. The van der Waals surface area contributed by atoms with Crippen molar-refractivity contribution >= 4 is 50.7 Å². The summed E-state index contributed by atoms with van der Waals surface area (Å²) in [6.45, 7) is 6.95. The molecule has 0 aliphatic rings. The summed E-state index contributed by atoms with van der Waals surface area (Å²) in [6, 6.07) is 26.7. The van der Waals surface area contributed by atoms with Gasteiger partial charge in [0.2, 0.25) is 11.8 Å². The van der Waals surface area contributed by atoms with Crippen molar-refractivity contribution in [1.82, 2.24) is 10.2 Å². The van der Waals surface area contributed by atoms with Gasteiger partial charge >= 0.3 is 0 Å². The Kier molecular flexibility index (Phi) is 11.9. The lowest BCUT2D eigenvalue weighted by atomic mass is 10.0. The summed E-state index contributed by atoms with van der Waals surface area (Å²) in [5, 5.41) is 3.96. The number of rotatable bonds is 13. The van der Waals surface area contributed by atoms with Crippen LogP contribution in [0.15, 0.2) is 102 Å². The van der Waals surface area contributed by atoms with Crippen LogP contribution in [-0.2, 0) is 32.6 Å². The van der Waals surface area contributed by atoms with E-state index in [-0.39, 0.29) is 29.8 Å². The zero-order valence-electron chi connectivity index (χ0n) is 26.4. The zero-order chi connectivity index (χ0) is 33.4. The van der Waals surface area contributed by atoms with Gasteiger partial charge in [0.15, 0.2) is 0 Å². The maximum Gasteiger partial charge on any atom is 0.264 e. The first-order valence-corrected chi connectivity index (χ1v) is 17.3. The summed E-state index contributed by atoms with van der Waals surface area (Å²) in [7, 11) is -4.22. The Balaban J connectivity index is 1.83. The highest BCUT2D eigenvalue weighted by Gasteiger charge is 2.35. The number of hydrogen-bond acceptors (Lipinski definition) is 4. The smallest absolute Gasteiger partial charge is 0.264 e. The molecule has 0 aliphatic heterocycles. The fourth-order valence-electron chi connectivity index (χ4n) is 5.08. The van der Waals surface area contributed by atoms with Crippen LogP contribution in [0.2, 0.25) is 10.0 Å². The summed E-state index contributed by atoms with van der Waals surface area (Å²) < 4.78 is 29.6. The minimum atomic E-state index is -4.22. The summed E-state index contributed by atoms with van der Waals surface area (Å²) in [4.78, 5) is 30.0. The van der Waals surface area contributed by atoms with Gasteiger partial charge in [-0.1, -0.05) is 90.3 Å². The number of hydrogen-bond donors (Lipinski definition) is 1. The number of nitrogens with zero attached hydrogens (tertiary/aromatic N) is 2. The monoisotopic (exact) mass is 679 g/mol. The summed E-state index contributed by atoms with van der Waals surface area (Å²) in [6.07, 6.45) is 0.921. The molecule has 0 spiro atoms. The molecular weight excluding hydrogens is 641 g/mol. The second kappa shape index (κ2) is 15.6. The average molecular weight is 681 g/mol. The van der Waals surface area contributed by atoms with Gasteiger partial charge in [0.1, 0.15) is 12.6 Å². The molecule has 0 fully saturated rings. The minimum absolute atomic E-state index is 0.0306. The van der Waals surface area contributed by atoms with Gasteiger partial charge in [-0.2, -0.15) is 0 Å². The molecule has 242 valence electrons. The van der Waals surface area contributed by atoms with Crippen LogP contribution in [0.3, 0.4) is 0 Å². The molecule has 10 heteroatoms. The lowest BCUT2D eigenvalue weighted by molar-refractivity contribution is -0.140. The van der Waals surface area contributed by atoms with Crippen LogP contribution in [0.25, 0.3) is 0 Å². The standard InChI is InChI=1S/C36H39Cl2N3O4S/c1-5-27(4)39-36(43)34(22-28-10-7-6-8-11-28)40(23-29-12-9-13-30(37)21-29)35(42)24-41(33-19-16-31(38)20-26(33)3)46(44,45)32-17-14-25(2)15-18-32/h6-21,27,34H,5,22-24H2,1-4H3,(H,39,43)/t27-,34+/m0/s1. The molecule has 46 heavy (non-hydrogen) atoms. The number of carbonyl (C=O) groups is 2. The molecule has 0 aliphatic carbocycles. The van der Waals surface area contributed by atoms with E-state index in [0.29, 0.717) is 33.3 Å². The van der Waals surface area contributed by atoms with Crippen LogP contribution in [0, 0.1) is 13.8 Å². The number of carbonyl (C=O) groups excluding carboxylic acids is 2. The van der Waals surface area contributed by atoms with E-state index in [1.54, 1.807) is 55.5 Å². The second-order valence-electron chi connectivity index (χ2n) is 11.4. The van der Waals surface area contributed by atoms with E-state index in [4.69, 9.17) is 23.2 Å². The van der Waals surface area contributed by atoms with Crippen molar-refractivity contribution in [1.29, 1.82) is 0 Å². The third-order valence-electron chi connectivity index (χ3n) is 7.83. The first kappa shape index (κ1) is 35.0. The molecule has 4 aromatic rings. The number of nitrogens with one attached hydrogen (secondary N) is 1. The van der Waals surface area contributed by atoms with Crippen molar-refractivity contribution in [2.24, 2.45) is 0 Å². The lowest BCUT2D eigenvalue weighted by Crippen LogP contribution is -2.54. The Morgan fingerprint density at radius 3 is 2.11 bits per heavy atom. The fraction of sp³-hybridized carbons (Fsp3) is 0.278. The van der Waals surface area contributed by atoms with Gasteiger partial charge in [-0.3, -0.25) is 13.9 Å². The van der Waals surface area contributed by atoms with Gasteiger partial charge in [0, 0.05) is 29.1 Å². The predicted molar refractivity (Wildman–Crippen MR) is 186 cm³/mol. The van der Waals surface area contributed by atoms with Crippen LogP contribution in [0.4, 0.5) is 5.69 Å². The number of halogens is 2. The number of aryl methyl sites for hydroxylation is 2. The number of amides is 2. The van der Waals surface area contributed by atoms with E-state index in [0.717, 1.165) is 15.4 Å². The minimum Gasteiger partial charge on any atom is -0.352 e. The number of sulfonamides is 1. The molecular formula is C36H39Cl2N3O4S. The lowest BCUT2D eigenvalue weighted by Gasteiger charge is -2.34. The van der Waals surface area contributed by atoms with E-state index in [1.165, 1.54) is 17.0 Å². The molecule has 0 unspecified atom stereocenters. The van der Waals surface area contributed by atoms with Gasteiger partial charge in [-0.05, 0) is 86.3 Å². The molecule has 0 heterocycles. The summed E-state index contributed by atoms with van der Waals surface area (Å²) in [5.41, 5.74) is 3.34. The van der Waals surface area contributed by atoms with Crippen molar-refractivity contribution < 1.29 is 18.0 Å². The predicted octanol–water partition coefficient (Wildman–Crippen LogP) is 7.36. The molecule has 0 radical (unpaired) electrons. The van der Waals surface area contributed by atoms with E-state index in [2.05, 4.69) is 5.32 Å². The summed E-state index contributed by atoms with van der Waals surface area (Å²) in [5.74, 6) is -0.880. The van der Waals surface area contributed by atoms with Crippen molar-refractivity contribution in [3.63, 3.8) is 0 Å². The molecule has 2 atom stereocenters.